The molecule has 0 radical (unpaired) electrons. The van der Waals surface area contributed by atoms with Crippen LogP contribution in [0, 0.1) is 5.92 Å². The molecule has 0 bridgehead atoms. The summed E-state index contributed by atoms with van der Waals surface area (Å²) in [5.74, 6) is 0.827. The summed E-state index contributed by atoms with van der Waals surface area (Å²) < 4.78 is 0. The number of nitrogens with one attached hydrogen (secondary N) is 1. The van der Waals surface area contributed by atoms with Crippen molar-refractivity contribution in [2.45, 2.75) is 32.7 Å². The molecule has 1 atom stereocenters. The normalized spacial score (nSPS) is 18.7. The number of carbonyl (C=O) groups is 2. The minimum absolute atomic E-state index is 0.0624. The fraction of sp³-hybridized carbons (Fsp3) is 0.571. The molecule has 2 rings (SSSR count). The second kappa shape index (κ2) is 6.51. The molecule has 3 N–H and O–H groups in total. The zero-order valence-electron chi connectivity index (χ0n) is 12.4. The fourth-order valence-corrected chi connectivity index (χ4v) is 2.43. The first-order valence-electron chi connectivity index (χ1n) is 7.12. The number of amides is 2. The summed E-state index contributed by atoms with van der Waals surface area (Å²) in [4.78, 5) is 34.1. The van der Waals surface area contributed by atoms with Gasteiger partial charge in [0.05, 0.1) is 6.42 Å². The molecule has 1 aromatic rings. The minimum atomic E-state index is -0.410. The third-order valence-electron chi connectivity index (χ3n) is 3.38. The summed E-state index contributed by atoms with van der Waals surface area (Å²) in [5.41, 5.74) is 5.59. The maximum Gasteiger partial charge on any atom is 0.242 e. The van der Waals surface area contributed by atoms with Gasteiger partial charge in [0.1, 0.15) is 17.7 Å². The molecule has 0 aliphatic carbocycles. The first kappa shape index (κ1) is 15.2. The van der Waals surface area contributed by atoms with Crippen LogP contribution in [0.1, 0.15) is 26.1 Å². The SMILES string of the molecule is CC(C)CC1C(=O)NCCN1C(=O)Cc1nccc(N)n1. The molecule has 2 heterocycles. The Kier molecular flexibility index (Phi) is 4.72. The van der Waals surface area contributed by atoms with E-state index in [-0.39, 0.29) is 18.2 Å². The Morgan fingerprint density at radius 1 is 1.57 bits per heavy atom. The van der Waals surface area contributed by atoms with E-state index in [1.165, 1.54) is 6.20 Å². The van der Waals surface area contributed by atoms with Crippen molar-refractivity contribution >= 4 is 17.6 Å². The van der Waals surface area contributed by atoms with Gasteiger partial charge in [0.15, 0.2) is 0 Å². The van der Waals surface area contributed by atoms with Crippen LogP contribution in [-0.4, -0.2) is 45.8 Å². The molecular weight excluding hydrogens is 270 g/mol. The number of aromatic nitrogens is 2. The third-order valence-corrected chi connectivity index (χ3v) is 3.38. The Bertz CT molecular complexity index is 532. The van der Waals surface area contributed by atoms with Crippen molar-refractivity contribution in [3.63, 3.8) is 0 Å². The molecule has 1 aliphatic rings. The Morgan fingerprint density at radius 3 is 3.00 bits per heavy atom. The number of rotatable bonds is 4. The standard InChI is InChI=1S/C14H21N5O2/c1-9(2)7-10-14(21)17-5-6-19(10)13(20)8-12-16-4-3-11(15)18-12/h3-4,9-10H,5-8H2,1-2H3,(H,17,21)(H2,15,16,18). The third kappa shape index (κ3) is 3.90. The molecule has 114 valence electrons. The van der Waals surface area contributed by atoms with Gasteiger partial charge in [-0.05, 0) is 18.4 Å². The summed E-state index contributed by atoms with van der Waals surface area (Å²) in [5, 5.41) is 2.81. The Hall–Kier alpha value is -2.18. The average molecular weight is 291 g/mol. The molecule has 1 fully saturated rings. The minimum Gasteiger partial charge on any atom is -0.384 e. The van der Waals surface area contributed by atoms with Gasteiger partial charge in [-0.15, -0.1) is 0 Å². The quantitative estimate of drug-likeness (QED) is 0.811. The molecule has 1 saturated heterocycles. The number of hydrogen-bond donors (Lipinski definition) is 2. The number of piperazine rings is 1. The molecule has 1 aromatic heterocycles. The molecular formula is C14H21N5O2. The smallest absolute Gasteiger partial charge is 0.242 e. The highest BCUT2D eigenvalue weighted by Gasteiger charge is 2.33. The number of nitrogen functional groups attached to an aromatic ring is 1. The highest BCUT2D eigenvalue weighted by atomic mass is 16.2. The van der Waals surface area contributed by atoms with Crippen LogP contribution in [0.3, 0.4) is 0 Å². The van der Waals surface area contributed by atoms with Crippen molar-refractivity contribution < 1.29 is 9.59 Å². The van der Waals surface area contributed by atoms with Crippen LogP contribution in [0.4, 0.5) is 5.82 Å². The van der Waals surface area contributed by atoms with Crippen molar-refractivity contribution in [3.8, 4) is 0 Å². The molecule has 21 heavy (non-hydrogen) atoms. The molecule has 7 nitrogen and oxygen atoms in total. The summed E-state index contributed by atoms with van der Waals surface area (Å²) in [6.45, 7) is 5.07. The van der Waals surface area contributed by atoms with Crippen molar-refractivity contribution in [1.29, 1.82) is 0 Å². The van der Waals surface area contributed by atoms with Crippen LogP contribution in [0.25, 0.3) is 0 Å². The second-order valence-corrected chi connectivity index (χ2v) is 5.60. The zero-order valence-corrected chi connectivity index (χ0v) is 12.4. The van der Waals surface area contributed by atoms with Gasteiger partial charge in [-0.25, -0.2) is 9.97 Å². The molecule has 0 aromatic carbocycles. The van der Waals surface area contributed by atoms with Crippen LogP contribution in [0.2, 0.25) is 0 Å². The predicted molar refractivity (Wildman–Crippen MR) is 78.1 cm³/mol. The average Bonchev–Trinajstić information content (AvgIpc) is 2.40. The van der Waals surface area contributed by atoms with Gasteiger partial charge >= 0.3 is 0 Å². The molecule has 0 saturated carbocycles. The van der Waals surface area contributed by atoms with Gasteiger partial charge < -0.3 is 16.0 Å². The Balaban J connectivity index is 2.09. The van der Waals surface area contributed by atoms with E-state index in [1.54, 1.807) is 11.0 Å². The monoisotopic (exact) mass is 291 g/mol. The van der Waals surface area contributed by atoms with E-state index in [4.69, 9.17) is 5.73 Å². The van der Waals surface area contributed by atoms with Gasteiger partial charge in [-0.3, -0.25) is 9.59 Å². The van der Waals surface area contributed by atoms with Crippen LogP contribution < -0.4 is 11.1 Å². The van der Waals surface area contributed by atoms with E-state index in [1.807, 2.05) is 13.8 Å². The lowest BCUT2D eigenvalue weighted by atomic mass is 9.99. The van der Waals surface area contributed by atoms with Crippen LogP contribution in [-0.2, 0) is 16.0 Å². The topological polar surface area (TPSA) is 101 Å². The van der Waals surface area contributed by atoms with Crippen molar-refractivity contribution in [1.82, 2.24) is 20.2 Å². The number of carbonyl (C=O) groups excluding carboxylic acids is 2. The zero-order chi connectivity index (χ0) is 15.4. The maximum absolute atomic E-state index is 12.4. The van der Waals surface area contributed by atoms with Crippen molar-refractivity contribution in [2.75, 3.05) is 18.8 Å². The second-order valence-electron chi connectivity index (χ2n) is 5.60. The highest BCUT2D eigenvalue weighted by Crippen LogP contribution is 2.15. The van der Waals surface area contributed by atoms with Crippen LogP contribution >= 0.6 is 0 Å². The largest absolute Gasteiger partial charge is 0.384 e. The van der Waals surface area contributed by atoms with E-state index in [0.717, 1.165) is 0 Å². The fourth-order valence-electron chi connectivity index (χ4n) is 2.43. The van der Waals surface area contributed by atoms with E-state index >= 15 is 0 Å². The van der Waals surface area contributed by atoms with E-state index in [0.29, 0.717) is 37.1 Å². The van der Waals surface area contributed by atoms with Crippen molar-refractivity contribution in [3.05, 3.63) is 18.1 Å². The summed E-state index contributed by atoms with van der Waals surface area (Å²) in [6.07, 6.45) is 2.24. The Labute approximate surface area is 123 Å². The number of nitrogens with two attached hydrogens (primary N) is 1. The van der Waals surface area contributed by atoms with Gasteiger partial charge in [-0.1, -0.05) is 13.8 Å². The summed E-state index contributed by atoms with van der Waals surface area (Å²) in [6, 6.07) is 1.16. The van der Waals surface area contributed by atoms with E-state index in [9.17, 15) is 9.59 Å². The van der Waals surface area contributed by atoms with Gasteiger partial charge in [0, 0.05) is 19.3 Å². The van der Waals surface area contributed by atoms with Gasteiger partial charge in [0.25, 0.3) is 0 Å². The molecule has 1 unspecified atom stereocenters. The first-order chi connectivity index (χ1) is 9.97. The van der Waals surface area contributed by atoms with E-state index in [2.05, 4.69) is 15.3 Å². The highest BCUT2D eigenvalue weighted by molar-refractivity contribution is 5.89. The lowest BCUT2D eigenvalue weighted by Crippen LogP contribution is -2.57. The maximum atomic E-state index is 12.4. The lowest BCUT2D eigenvalue weighted by Gasteiger charge is -2.35. The lowest BCUT2D eigenvalue weighted by molar-refractivity contribution is -0.143. The van der Waals surface area contributed by atoms with Crippen LogP contribution in [0.5, 0.6) is 0 Å². The van der Waals surface area contributed by atoms with Crippen molar-refractivity contribution in [2.24, 2.45) is 5.92 Å². The molecule has 0 spiro atoms. The molecule has 2 amide bonds. The summed E-state index contributed by atoms with van der Waals surface area (Å²) >= 11 is 0. The summed E-state index contributed by atoms with van der Waals surface area (Å²) in [7, 11) is 0. The molecule has 7 heteroatoms. The first-order valence-corrected chi connectivity index (χ1v) is 7.12. The van der Waals surface area contributed by atoms with E-state index < -0.39 is 6.04 Å². The van der Waals surface area contributed by atoms with Gasteiger partial charge in [-0.2, -0.15) is 0 Å². The van der Waals surface area contributed by atoms with Gasteiger partial charge in [0.2, 0.25) is 11.8 Å². The predicted octanol–water partition coefficient (Wildman–Crippen LogP) is -0.0256. The number of hydrogen-bond acceptors (Lipinski definition) is 5. The van der Waals surface area contributed by atoms with Crippen LogP contribution in [0.15, 0.2) is 12.3 Å². The number of nitrogens with zero attached hydrogens (tertiary/aromatic N) is 3. The Morgan fingerprint density at radius 2 is 2.33 bits per heavy atom. The number of anilines is 1. The molecule has 1 aliphatic heterocycles.